The first-order chi connectivity index (χ1) is 10.1. The summed E-state index contributed by atoms with van der Waals surface area (Å²) in [6, 6.07) is 4.61. The number of carbonyl (C=O) groups is 1. The number of hydrogen-bond acceptors (Lipinski definition) is 2. The molecule has 0 unspecified atom stereocenters. The summed E-state index contributed by atoms with van der Waals surface area (Å²) in [5.74, 6) is 0.673. The zero-order valence-electron chi connectivity index (χ0n) is 13.5. The fourth-order valence-corrected chi connectivity index (χ4v) is 3.08. The molecule has 0 atom stereocenters. The van der Waals surface area contributed by atoms with E-state index in [1.54, 1.807) is 0 Å². The third-order valence-electron chi connectivity index (χ3n) is 4.34. The SMILES string of the molecule is CCN(C(=O)N1CCC(Cc2cccnc2)CC1)C(C)C. The van der Waals surface area contributed by atoms with Gasteiger partial charge < -0.3 is 9.80 Å². The average molecular weight is 289 g/mol. The van der Waals surface area contributed by atoms with Crippen molar-refractivity contribution >= 4 is 6.03 Å². The second-order valence-corrected chi connectivity index (χ2v) is 6.16. The first-order valence-corrected chi connectivity index (χ1v) is 8.06. The van der Waals surface area contributed by atoms with Crippen molar-refractivity contribution in [2.24, 2.45) is 5.92 Å². The van der Waals surface area contributed by atoms with Gasteiger partial charge in [0.15, 0.2) is 0 Å². The minimum absolute atomic E-state index is 0.201. The number of likely N-dealkylation sites (tertiary alicyclic amines) is 1. The summed E-state index contributed by atoms with van der Waals surface area (Å²) >= 11 is 0. The van der Waals surface area contributed by atoms with Crippen LogP contribution in [0, 0.1) is 5.92 Å². The van der Waals surface area contributed by atoms with Gasteiger partial charge in [-0.15, -0.1) is 0 Å². The lowest BCUT2D eigenvalue weighted by Gasteiger charge is -2.37. The molecule has 1 fully saturated rings. The number of piperidine rings is 1. The minimum atomic E-state index is 0.201. The maximum absolute atomic E-state index is 12.5. The molecular formula is C17H27N3O. The highest BCUT2D eigenvalue weighted by molar-refractivity contribution is 5.74. The first-order valence-electron chi connectivity index (χ1n) is 8.06. The van der Waals surface area contributed by atoms with Crippen LogP contribution in [0.1, 0.15) is 39.2 Å². The largest absolute Gasteiger partial charge is 0.325 e. The number of urea groups is 1. The summed E-state index contributed by atoms with van der Waals surface area (Å²) in [6.45, 7) is 8.76. The van der Waals surface area contributed by atoms with Gasteiger partial charge in [0, 0.05) is 38.1 Å². The van der Waals surface area contributed by atoms with Crippen molar-refractivity contribution in [1.29, 1.82) is 0 Å². The highest BCUT2D eigenvalue weighted by atomic mass is 16.2. The topological polar surface area (TPSA) is 36.4 Å². The second kappa shape index (κ2) is 7.43. The highest BCUT2D eigenvalue weighted by Gasteiger charge is 2.26. The van der Waals surface area contributed by atoms with Gasteiger partial charge in [0.25, 0.3) is 0 Å². The van der Waals surface area contributed by atoms with E-state index in [9.17, 15) is 4.79 Å². The van der Waals surface area contributed by atoms with Gasteiger partial charge in [-0.1, -0.05) is 6.07 Å². The third-order valence-corrected chi connectivity index (χ3v) is 4.34. The molecule has 1 saturated heterocycles. The van der Waals surface area contributed by atoms with Gasteiger partial charge in [0.2, 0.25) is 0 Å². The number of pyridine rings is 1. The third kappa shape index (κ3) is 4.19. The zero-order valence-corrected chi connectivity index (χ0v) is 13.5. The molecule has 0 spiro atoms. The Balaban J connectivity index is 1.84. The molecule has 0 aliphatic carbocycles. The smallest absolute Gasteiger partial charge is 0.320 e. The van der Waals surface area contributed by atoms with Crippen molar-refractivity contribution in [1.82, 2.24) is 14.8 Å². The van der Waals surface area contributed by atoms with E-state index in [0.29, 0.717) is 5.92 Å². The molecule has 21 heavy (non-hydrogen) atoms. The molecule has 0 N–H and O–H groups in total. The molecule has 116 valence electrons. The normalized spacial score (nSPS) is 16.3. The molecule has 1 aliphatic heterocycles. The number of carbonyl (C=O) groups excluding carboxylic acids is 1. The Hall–Kier alpha value is -1.58. The van der Waals surface area contributed by atoms with Crippen LogP contribution in [0.3, 0.4) is 0 Å². The Morgan fingerprint density at radius 1 is 1.43 bits per heavy atom. The standard InChI is InChI=1S/C17H27N3O/c1-4-20(14(2)3)17(21)19-10-7-15(8-11-19)12-16-6-5-9-18-13-16/h5-6,9,13-15H,4,7-8,10-12H2,1-3H3. The van der Waals surface area contributed by atoms with Gasteiger partial charge in [-0.25, -0.2) is 4.79 Å². The van der Waals surface area contributed by atoms with E-state index in [-0.39, 0.29) is 12.1 Å². The van der Waals surface area contributed by atoms with Crippen LogP contribution in [0.25, 0.3) is 0 Å². The first kappa shape index (κ1) is 15.8. The molecule has 1 aromatic rings. The lowest BCUT2D eigenvalue weighted by molar-refractivity contribution is 0.124. The predicted molar refractivity (Wildman–Crippen MR) is 85.2 cm³/mol. The zero-order chi connectivity index (χ0) is 15.2. The molecular weight excluding hydrogens is 262 g/mol. The van der Waals surface area contributed by atoms with Crippen LogP contribution in [0.4, 0.5) is 4.79 Å². The Bertz CT molecular complexity index is 439. The predicted octanol–water partition coefficient (Wildman–Crippen LogP) is 3.19. The van der Waals surface area contributed by atoms with Crippen molar-refractivity contribution in [2.75, 3.05) is 19.6 Å². The van der Waals surface area contributed by atoms with Crippen LogP contribution in [0.2, 0.25) is 0 Å². The van der Waals surface area contributed by atoms with Gasteiger partial charge >= 0.3 is 6.03 Å². The van der Waals surface area contributed by atoms with E-state index in [1.807, 2.05) is 35.2 Å². The Morgan fingerprint density at radius 2 is 2.14 bits per heavy atom. The number of nitrogens with zero attached hydrogens (tertiary/aromatic N) is 3. The van der Waals surface area contributed by atoms with E-state index in [0.717, 1.165) is 38.9 Å². The van der Waals surface area contributed by atoms with E-state index < -0.39 is 0 Å². The van der Waals surface area contributed by atoms with Gasteiger partial charge in [0.1, 0.15) is 0 Å². The molecule has 0 aromatic carbocycles. The Labute approximate surface area is 128 Å². The summed E-state index contributed by atoms with van der Waals surface area (Å²) in [6.07, 6.45) is 7.04. The lowest BCUT2D eigenvalue weighted by Crippen LogP contribution is -2.49. The molecule has 1 aromatic heterocycles. The number of aromatic nitrogens is 1. The van der Waals surface area contributed by atoms with Crippen molar-refractivity contribution in [3.05, 3.63) is 30.1 Å². The van der Waals surface area contributed by atoms with Crippen LogP contribution >= 0.6 is 0 Å². The fourth-order valence-electron chi connectivity index (χ4n) is 3.08. The molecule has 2 heterocycles. The molecule has 0 radical (unpaired) electrons. The quantitative estimate of drug-likeness (QED) is 0.853. The Kier molecular flexibility index (Phi) is 5.59. The molecule has 0 bridgehead atoms. The molecule has 4 heteroatoms. The summed E-state index contributed by atoms with van der Waals surface area (Å²) in [7, 11) is 0. The van der Waals surface area contributed by atoms with Gasteiger partial charge in [-0.2, -0.15) is 0 Å². The molecule has 2 rings (SSSR count). The number of amides is 2. The van der Waals surface area contributed by atoms with Crippen molar-refractivity contribution in [3.63, 3.8) is 0 Å². The molecule has 2 amide bonds. The maximum Gasteiger partial charge on any atom is 0.320 e. The van der Waals surface area contributed by atoms with Gasteiger partial charge in [0.05, 0.1) is 0 Å². The summed E-state index contributed by atoms with van der Waals surface area (Å²) in [4.78, 5) is 20.6. The average Bonchev–Trinajstić information content (AvgIpc) is 2.49. The summed E-state index contributed by atoms with van der Waals surface area (Å²) in [5.41, 5.74) is 1.31. The van der Waals surface area contributed by atoms with Crippen LogP contribution in [0.5, 0.6) is 0 Å². The van der Waals surface area contributed by atoms with E-state index in [4.69, 9.17) is 0 Å². The maximum atomic E-state index is 12.5. The van der Waals surface area contributed by atoms with Crippen molar-refractivity contribution in [3.8, 4) is 0 Å². The van der Waals surface area contributed by atoms with Gasteiger partial charge in [-0.05, 0) is 57.6 Å². The molecule has 4 nitrogen and oxygen atoms in total. The van der Waals surface area contributed by atoms with E-state index >= 15 is 0 Å². The monoisotopic (exact) mass is 289 g/mol. The summed E-state index contributed by atoms with van der Waals surface area (Å²) in [5, 5.41) is 0. The van der Waals surface area contributed by atoms with Gasteiger partial charge in [-0.3, -0.25) is 4.98 Å². The molecule has 0 saturated carbocycles. The fraction of sp³-hybridized carbons (Fsp3) is 0.647. The lowest BCUT2D eigenvalue weighted by atomic mass is 9.91. The van der Waals surface area contributed by atoms with Crippen LogP contribution in [-0.2, 0) is 6.42 Å². The van der Waals surface area contributed by atoms with Crippen LogP contribution in [-0.4, -0.2) is 46.5 Å². The van der Waals surface area contributed by atoms with Crippen LogP contribution < -0.4 is 0 Å². The van der Waals surface area contributed by atoms with E-state index in [1.165, 1.54) is 5.56 Å². The second-order valence-electron chi connectivity index (χ2n) is 6.16. The van der Waals surface area contributed by atoms with Crippen molar-refractivity contribution in [2.45, 2.75) is 46.1 Å². The molecule has 1 aliphatic rings. The summed E-state index contributed by atoms with van der Waals surface area (Å²) < 4.78 is 0. The van der Waals surface area contributed by atoms with E-state index in [2.05, 4.69) is 24.9 Å². The minimum Gasteiger partial charge on any atom is -0.325 e. The Morgan fingerprint density at radius 3 is 2.67 bits per heavy atom. The van der Waals surface area contributed by atoms with Crippen molar-refractivity contribution < 1.29 is 4.79 Å². The number of rotatable bonds is 4. The van der Waals surface area contributed by atoms with Crippen LogP contribution in [0.15, 0.2) is 24.5 Å². The highest BCUT2D eigenvalue weighted by Crippen LogP contribution is 2.22. The number of hydrogen-bond donors (Lipinski definition) is 0.